The molecular formula is C15H16O2. The molecular weight excluding hydrogens is 212 g/mol. The molecule has 2 bridgehead atoms. The lowest BCUT2D eigenvalue weighted by Gasteiger charge is -2.40. The number of hydrogen-bond acceptors (Lipinski definition) is 2. The molecule has 1 fully saturated rings. The van der Waals surface area contributed by atoms with Crippen LogP contribution in [0.15, 0.2) is 35.9 Å². The van der Waals surface area contributed by atoms with Crippen molar-refractivity contribution in [3.63, 3.8) is 0 Å². The highest BCUT2D eigenvalue weighted by atomic mass is 16.5. The second kappa shape index (κ2) is 4.02. The molecule has 1 saturated carbocycles. The molecule has 0 N–H and O–H groups in total. The average Bonchev–Trinajstić information content (AvgIpc) is 2.39. The molecule has 0 saturated heterocycles. The van der Waals surface area contributed by atoms with Crippen LogP contribution in [0.5, 0.6) is 0 Å². The van der Waals surface area contributed by atoms with E-state index in [9.17, 15) is 4.79 Å². The van der Waals surface area contributed by atoms with Gasteiger partial charge in [-0.2, -0.15) is 0 Å². The summed E-state index contributed by atoms with van der Waals surface area (Å²) in [5.41, 5.74) is 4.17. The van der Waals surface area contributed by atoms with Crippen LogP contribution >= 0.6 is 0 Å². The van der Waals surface area contributed by atoms with Gasteiger partial charge < -0.3 is 4.74 Å². The quantitative estimate of drug-likeness (QED) is 0.545. The number of hydrogen-bond donors (Lipinski definition) is 0. The number of rotatable bonds is 1. The Bertz CT molecular complexity index is 487. The van der Waals surface area contributed by atoms with Gasteiger partial charge in [0, 0.05) is 12.0 Å². The number of fused-ring (bicyclic) bond motifs is 2. The normalized spacial score (nSPS) is 27.9. The van der Waals surface area contributed by atoms with Crippen LogP contribution < -0.4 is 0 Å². The fourth-order valence-corrected chi connectivity index (χ4v) is 3.27. The van der Waals surface area contributed by atoms with Gasteiger partial charge in [-0.1, -0.05) is 29.8 Å². The van der Waals surface area contributed by atoms with Gasteiger partial charge in [0.1, 0.15) is 0 Å². The number of benzene rings is 1. The lowest BCUT2D eigenvalue weighted by molar-refractivity contribution is -0.134. The second-order valence-corrected chi connectivity index (χ2v) is 4.90. The maximum absolute atomic E-state index is 11.4. The first kappa shape index (κ1) is 10.6. The van der Waals surface area contributed by atoms with Gasteiger partial charge >= 0.3 is 5.97 Å². The number of esters is 1. The molecule has 0 aliphatic heterocycles. The van der Waals surface area contributed by atoms with Gasteiger partial charge in [0.25, 0.3) is 0 Å². The van der Waals surface area contributed by atoms with Crippen LogP contribution in [0, 0.1) is 0 Å². The van der Waals surface area contributed by atoms with E-state index in [1.807, 2.05) is 0 Å². The summed E-state index contributed by atoms with van der Waals surface area (Å²) >= 11 is 0. The van der Waals surface area contributed by atoms with E-state index in [1.165, 1.54) is 36.7 Å². The maximum Gasteiger partial charge on any atom is 0.330 e. The molecule has 0 heterocycles. The Morgan fingerprint density at radius 3 is 2.82 bits per heavy atom. The third kappa shape index (κ3) is 1.68. The van der Waals surface area contributed by atoms with E-state index in [4.69, 9.17) is 4.74 Å². The Morgan fingerprint density at radius 1 is 1.29 bits per heavy atom. The Labute approximate surface area is 101 Å². The minimum Gasteiger partial charge on any atom is -0.466 e. The molecule has 0 aromatic heterocycles. The Balaban J connectivity index is 2.01. The first-order chi connectivity index (χ1) is 8.29. The zero-order chi connectivity index (χ0) is 11.8. The van der Waals surface area contributed by atoms with Crippen molar-refractivity contribution in [3.05, 3.63) is 47.0 Å². The van der Waals surface area contributed by atoms with Crippen molar-refractivity contribution in [2.75, 3.05) is 7.11 Å². The van der Waals surface area contributed by atoms with E-state index in [1.54, 1.807) is 6.08 Å². The minimum absolute atomic E-state index is 0.218. The second-order valence-electron chi connectivity index (χ2n) is 4.90. The molecule has 0 amide bonds. The summed E-state index contributed by atoms with van der Waals surface area (Å²) in [6.45, 7) is 0. The molecule has 3 aliphatic carbocycles. The maximum atomic E-state index is 11.4. The minimum atomic E-state index is -0.218. The third-order valence-corrected chi connectivity index (χ3v) is 4.05. The van der Waals surface area contributed by atoms with E-state index in [-0.39, 0.29) is 5.97 Å². The monoisotopic (exact) mass is 228 g/mol. The molecule has 2 heteroatoms. The van der Waals surface area contributed by atoms with E-state index in [0.29, 0.717) is 11.8 Å². The number of carbonyl (C=O) groups is 1. The van der Waals surface area contributed by atoms with Crippen LogP contribution in [0.2, 0.25) is 0 Å². The van der Waals surface area contributed by atoms with Gasteiger partial charge in [0.15, 0.2) is 0 Å². The average molecular weight is 228 g/mol. The van der Waals surface area contributed by atoms with Crippen molar-refractivity contribution in [1.29, 1.82) is 0 Å². The van der Waals surface area contributed by atoms with E-state index < -0.39 is 0 Å². The molecule has 88 valence electrons. The van der Waals surface area contributed by atoms with Crippen LogP contribution in [0.4, 0.5) is 0 Å². The summed E-state index contributed by atoms with van der Waals surface area (Å²) in [5.74, 6) is 0.826. The summed E-state index contributed by atoms with van der Waals surface area (Å²) in [6.07, 6.45) is 5.15. The topological polar surface area (TPSA) is 26.3 Å². The van der Waals surface area contributed by atoms with Gasteiger partial charge in [-0.25, -0.2) is 4.79 Å². The summed E-state index contributed by atoms with van der Waals surface area (Å²) in [7, 11) is 1.44. The fraction of sp³-hybridized carbons (Fsp3) is 0.400. The zero-order valence-corrected chi connectivity index (χ0v) is 9.98. The van der Waals surface area contributed by atoms with Crippen molar-refractivity contribution >= 4 is 5.97 Å². The molecule has 4 rings (SSSR count). The molecule has 0 radical (unpaired) electrons. The van der Waals surface area contributed by atoms with Crippen molar-refractivity contribution in [3.8, 4) is 0 Å². The zero-order valence-electron chi connectivity index (χ0n) is 9.98. The predicted molar refractivity (Wildman–Crippen MR) is 65.9 cm³/mol. The molecule has 2 nitrogen and oxygen atoms in total. The SMILES string of the molecule is COC(=O)/C=C1\C[C@H]2CC[C@@H]1c1ccccc12. The van der Waals surface area contributed by atoms with E-state index >= 15 is 0 Å². The molecule has 0 spiro atoms. The van der Waals surface area contributed by atoms with Gasteiger partial charge in [-0.15, -0.1) is 0 Å². The van der Waals surface area contributed by atoms with Crippen molar-refractivity contribution in [2.45, 2.75) is 31.1 Å². The standard InChI is InChI=1S/C15H16O2/c1-17-15(16)9-11-8-10-6-7-13(11)14-5-3-2-4-12(10)14/h2-5,9-10,13H,6-8H2,1H3/b11-9+/t10-,13+/m1/s1. The smallest absolute Gasteiger partial charge is 0.330 e. The Morgan fingerprint density at radius 2 is 2.06 bits per heavy atom. The van der Waals surface area contributed by atoms with E-state index in [0.717, 1.165) is 6.42 Å². The molecule has 2 atom stereocenters. The summed E-state index contributed by atoms with van der Waals surface area (Å²) < 4.78 is 4.73. The van der Waals surface area contributed by atoms with Crippen molar-refractivity contribution < 1.29 is 9.53 Å². The molecule has 3 aliphatic rings. The molecule has 0 unspecified atom stereocenters. The highest BCUT2D eigenvalue weighted by molar-refractivity contribution is 5.83. The molecule has 1 aromatic carbocycles. The highest BCUT2D eigenvalue weighted by Crippen LogP contribution is 2.51. The number of ether oxygens (including phenoxy) is 1. The molecule has 1 aromatic rings. The largest absolute Gasteiger partial charge is 0.466 e. The molecule has 17 heavy (non-hydrogen) atoms. The lowest BCUT2D eigenvalue weighted by Crippen LogP contribution is -2.24. The van der Waals surface area contributed by atoms with Gasteiger partial charge in [-0.3, -0.25) is 0 Å². The fourth-order valence-electron chi connectivity index (χ4n) is 3.27. The lowest BCUT2D eigenvalue weighted by atomic mass is 9.64. The summed E-state index contributed by atoms with van der Waals surface area (Å²) in [5, 5.41) is 0. The van der Waals surface area contributed by atoms with Crippen LogP contribution in [0.3, 0.4) is 0 Å². The first-order valence-corrected chi connectivity index (χ1v) is 6.17. The van der Waals surface area contributed by atoms with Crippen molar-refractivity contribution in [1.82, 2.24) is 0 Å². The Kier molecular flexibility index (Phi) is 2.50. The van der Waals surface area contributed by atoms with E-state index in [2.05, 4.69) is 24.3 Å². The summed E-state index contributed by atoms with van der Waals surface area (Å²) in [4.78, 5) is 11.4. The summed E-state index contributed by atoms with van der Waals surface area (Å²) in [6, 6.07) is 8.65. The predicted octanol–water partition coefficient (Wildman–Crippen LogP) is 3.15. The van der Waals surface area contributed by atoms with Gasteiger partial charge in [-0.05, 0) is 36.3 Å². The Hall–Kier alpha value is -1.57. The van der Waals surface area contributed by atoms with Crippen LogP contribution in [-0.4, -0.2) is 13.1 Å². The van der Waals surface area contributed by atoms with Crippen LogP contribution in [0.25, 0.3) is 0 Å². The van der Waals surface area contributed by atoms with Gasteiger partial charge in [0.2, 0.25) is 0 Å². The first-order valence-electron chi connectivity index (χ1n) is 6.17. The van der Waals surface area contributed by atoms with Crippen LogP contribution in [-0.2, 0) is 9.53 Å². The highest BCUT2D eigenvalue weighted by Gasteiger charge is 2.35. The number of carbonyl (C=O) groups excluding carboxylic acids is 1. The third-order valence-electron chi connectivity index (χ3n) is 4.05. The van der Waals surface area contributed by atoms with Crippen LogP contribution in [0.1, 0.15) is 42.2 Å². The van der Waals surface area contributed by atoms with Crippen molar-refractivity contribution in [2.24, 2.45) is 0 Å². The number of allylic oxidation sites excluding steroid dienone is 1. The number of methoxy groups -OCH3 is 1. The van der Waals surface area contributed by atoms with Gasteiger partial charge in [0.05, 0.1) is 7.11 Å².